The van der Waals surface area contributed by atoms with Gasteiger partial charge in [-0.25, -0.2) is 9.79 Å². The highest BCUT2D eigenvalue weighted by Gasteiger charge is 2.33. The predicted molar refractivity (Wildman–Crippen MR) is 156 cm³/mol. The van der Waals surface area contributed by atoms with E-state index in [4.69, 9.17) is 14.2 Å². The molecule has 2 heterocycles. The van der Waals surface area contributed by atoms with Gasteiger partial charge in [0.05, 0.1) is 45.2 Å². The lowest BCUT2D eigenvalue weighted by Crippen LogP contribution is -2.39. The van der Waals surface area contributed by atoms with Crippen molar-refractivity contribution in [3.8, 4) is 11.5 Å². The van der Waals surface area contributed by atoms with Crippen LogP contribution in [0.1, 0.15) is 44.9 Å². The summed E-state index contributed by atoms with van der Waals surface area (Å²) in [6.07, 6.45) is 1.82. The third-order valence-corrected chi connectivity index (χ3v) is 7.88. The monoisotopic (exact) mass is 696 g/mol. The molecule has 0 unspecified atom stereocenters. The second-order valence-electron chi connectivity index (χ2n) is 8.04. The van der Waals surface area contributed by atoms with E-state index < -0.39 is 12.0 Å². The van der Waals surface area contributed by atoms with Gasteiger partial charge >= 0.3 is 5.97 Å². The Kier molecular flexibility index (Phi) is 8.91. The van der Waals surface area contributed by atoms with Gasteiger partial charge in [-0.15, -0.1) is 0 Å². The predicted octanol–water partition coefficient (Wildman–Crippen LogP) is 4.96. The lowest BCUT2D eigenvalue weighted by Gasteiger charge is -2.24. The Labute approximate surface area is 240 Å². The van der Waals surface area contributed by atoms with E-state index in [0.717, 1.165) is 19.2 Å². The van der Waals surface area contributed by atoms with Crippen molar-refractivity contribution in [3.05, 3.63) is 86.5 Å². The summed E-state index contributed by atoms with van der Waals surface area (Å²) >= 11 is 7.04. The summed E-state index contributed by atoms with van der Waals surface area (Å²) in [6, 6.07) is 10.6. The summed E-state index contributed by atoms with van der Waals surface area (Å²) in [5, 5.41) is 0. The van der Waals surface area contributed by atoms with Gasteiger partial charge in [-0.3, -0.25) is 9.36 Å². The SMILES string of the molecule is CCOC(=O)C1=C(C)N=c2s/c(=C\c3cc(Br)cc(I)c3OCC)c(=O)n2[C@@H]1c1ccc(OCC)cc1. The topological polar surface area (TPSA) is 79.1 Å². The Hall–Kier alpha value is -2.44. The first-order valence-electron chi connectivity index (χ1n) is 11.8. The molecular formula is C27H26BrIN2O5S. The summed E-state index contributed by atoms with van der Waals surface area (Å²) in [5.74, 6) is 0.936. The minimum absolute atomic E-state index is 0.220. The molecular weight excluding hydrogens is 671 g/mol. The molecule has 37 heavy (non-hydrogen) atoms. The molecule has 1 atom stereocenters. The average Bonchev–Trinajstić information content (AvgIpc) is 3.15. The van der Waals surface area contributed by atoms with Crippen LogP contribution in [-0.2, 0) is 9.53 Å². The molecule has 0 radical (unpaired) electrons. The van der Waals surface area contributed by atoms with Crippen molar-refractivity contribution in [1.29, 1.82) is 0 Å². The second-order valence-corrected chi connectivity index (χ2v) is 11.1. The number of aromatic nitrogens is 1. The molecule has 0 amide bonds. The number of hydrogen-bond acceptors (Lipinski definition) is 7. The van der Waals surface area contributed by atoms with Gasteiger partial charge in [0, 0.05) is 10.0 Å². The van der Waals surface area contributed by atoms with Crippen LogP contribution in [0, 0.1) is 3.57 Å². The Bertz CT molecular complexity index is 1540. The summed E-state index contributed by atoms with van der Waals surface area (Å²) in [5.41, 5.74) is 2.17. The highest BCUT2D eigenvalue weighted by molar-refractivity contribution is 14.1. The van der Waals surface area contributed by atoms with Crippen molar-refractivity contribution >= 4 is 61.9 Å². The van der Waals surface area contributed by atoms with Gasteiger partial charge < -0.3 is 14.2 Å². The summed E-state index contributed by atoms with van der Waals surface area (Å²) in [6.45, 7) is 8.63. The van der Waals surface area contributed by atoms with E-state index in [9.17, 15) is 9.59 Å². The number of carbonyl (C=O) groups is 1. The number of ether oxygens (including phenoxy) is 3. The van der Waals surface area contributed by atoms with Gasteiger partial charge in [0.15, 0.2) is 4.80 Å². The molecule has 4 rings (SSSR count). The normalized spacial score (nSPS) is 15.3. The smallest absolute Gasteiger partial charge is 0.338 e. The molecule has 3 aromatic rings. The number of rotatable bonds is 8. The molecule has 0 aliphatic carbocycles. The number of benzene rings is 2. The maximum absolute atomic E-state index is 13.9. The zero-order valence-corrected chi connectivity index (χ0v) is 25.4. The molecule has 0 bridgehead atoms. The van der Waals surface area contributed by atoms with Crippen LogP contribution in [0.15, 0.2) is 61.9 Å². The molecule has 0 spiro atoms. The lowest BCUT2D eigenvalue weighted by atomic mass is 9.96. The quantitative estimate of drug-likeness (QED) is 0.246. The van der Waals surface area contributed by atoms with E-state index in [1.165, 1.54) is 11.3 Å². The van der Waals surface area contributed by atoms with Gasteiger partial charge in [0.1, 0.15) is 11.5 Å². The maximum Gasteiger partial charge on any atom is 0.338 e. The zero-order chi connectivity index (χ0) is 26.7. The number of nitrogens with zero attached hydrogens (tertiary/aromatic N) is 2. The average molecular weight is 697 g/mol. The molecule has 0 fully saturated rings. The Morgan fingerprint density at radius 3 is 2.49 bits per heavy atom. The first kappa shape index (κ1) is 27.6. The van der Waals surface area contributed by atoms with Gasteiger partial charge in [-0.2, -0.15) is 0 Å². The number of thiazole rings is 1. The maximum atomic E-state index is 13.9. The molecule has 7 nitrogen and oxygen atoms in total. The number of fused-ring (bicyclic) bond motifs is 1. The van der Waals surface area contributed by atoms with Crippen molar-refractivity contribution < 1.29 is 19.0 Å². The van der Waals surface area contributed by atoms with Crippen LogP contribution in [0.4, 0.5) is 0 Å². The van der Waals surface area contributed by atoms with Crippen LogP contribution in [0.3, 0.4) is 0 Å². The van der Waals surface area contributed by atoms with Crippen LogP contribution in [-0.4, -0.2) is 30.4 Å². The van der Waals surface area contributed by atoms with E-state index in [2.05, 4.69) is 43.5 Å². The minimum atomic E-state index is -0.679. The zero-order valence-electron chi connectivity index (χ0n) is 20.8. The molecule has 1 aliphatic rings. The van der Waals surface area contributed by atoms with Crippen molar-refractivity contribution in [2.45, 2.75) is 33.7 Å². The van der Waals surface area contributed by atoms with E-state index in [1.54, 1.807) is 18.4 Å². The molecule has 194 valence electrons. The third-order valence-electron chi connectivity index (χ3n) is 5.64. The van der Waals surface area contributed by atoms with Crippen LogP contribution in [0.5, 0.6) is 11.5 Å². The van der Waals surface area contributed by atoms with Crippen molar-refractivity contribution in [1.82, 2.24) is 4.57 Å². The highest BCUT2D eigenvalue weighted by atomic mass is 127. The first-order chi connectivity index (χ1) is 17.8. The number of allylic oxidation sites excluding steroid dienone is 1. The number of esters is 1. The van der Waals surface area contributed by atoms with Gasteiger partial charge in [0.25, 0.3) is 5.56 Å². The van der Waals surface area contributed by atoms with Crippen LogP contribution < -0.4 is 24.4 Å². The molecule has 1 aliphatic heterocycles. The first-order valence-corrected chi connectivity index (χ1v) is 14.5. The fraction of sp³-hybridized carbons (Fsp3) is 0.296. The molecule has 10 heteroatoms. The molecule has 0 saturated heterocycles. The third kappa shape index (κ3) is 5.70. The van der Waals surface area contributed by atoms with Crippen LogP contribution >= 0.6 is 49.9 Å². The molecule has 1 aromatic heterocycles. The number of carbonyl (C=O) groups excluding carboxylic acids is 1. The molecule has 0 N–H and O–H groups in total. The Morgan fingerprint density at radius 1 is 1.14 bits per heavy atom. The standard InChI is InChI=1S/C27H26BrIN2O5S/c1-5-34-19-10-8-16(9-11-19)23-22(26(33)36-7-3)15(4)30-27-31(23)25(32)21(37-27)13-17-12-18(28)14-20(29)24(17)35-6-2/h8-14,23H,5-7H2,1-4H3/b21-13-/t23-/m1/s1. The Balaban J connectivity index is 1.94. The largest absolute Gasteiger partial charge is 0.494 e. The van der Waals surface area contributed by atoms with E-state index in [1.807, 2.05) is 56.3 Å². The number of hydrogen-bond donors (Lipinski definition) is 0. The van der Waals surface area contributed by atoms with E-state index >= 15 is 0 Å². The van der Waals surface area contributed by atoms with Crippen LogP contribution in [0.2, 0.25) is 0 Å². The second kappa shape index (κ2) is 12.0. The van der Waals surface area contributed by atoms with Gasteiger partial charge in [-0.05, 0) is 86.2 Å². The summed E-state index contributed by atoms with van der Waals surface area (Å²) in [7, 11) is 0. The fourth-order valence-electron chi connectivity index (χ4n) is 4.15. The fourth-order valence-corrected chi connectivity index (χ4v) is 6.89. The molecule has 2 aromatic carbocycles. The highest BCUT2D eigenvalue weighted by Crippen LogP contribution is 2.33. The van der Waals surface area contributed by atoms with Gasteiger partial charge in [-0.1, -0.05) is 39.4 Å². The van der Waals surface area contributed by atoms with Crippen molar-refractivity contribution in [2.75, 3.05) is 19.8 Å². The summed E-state index contributed by atoms with van der Waals surface area (Å²) < 4.78 is 20.7. The minimum Gasteiger partial charge on any atom is -0.494 e. The Morgan fingerprint density at radius 2 is 1.84 bits per heavy atom. The van der Waals surface area contributed by atoms with E-state index in [-0.39, 0.29) is 12.2 Å². The van der Waals surface area contributed by atoms with Crippen molar-refractivity contribution in [3.63, 3.8) is 0 Å². The molecule has 0 saturated carbocycles. The lowest BCUT2D eigenvalue weighted by molar-refractivity contribution is -0.139. The number of halogens is 2. The van der Waals surface area contributed by atoms with E-state index in [0.29, 0.717) is 45.3 Å². The van der Waals surface area contributed by atoms with Crippen molar-refractivity contribution in [2.24, 2.45) is 4.99 Å². The summed E-state index contributed by atoms with van der Waals surface area (Å²) in [4.78, 5) is 32.1. The van der Waals surface area contributed by atoms with Crippen LogP contribution in [0.25, 0.3) is 6.08 Å². The van der Waals surface area contributed by atoms with Gasteiger partial charge in [0.2, 0.25) is 0 Å².